The molecule has 0 saturated carbocycles. The lowest BCUT2D eigenvalue weighted by Crippen LogP contribution is -2.23. The molecule has 0 amide bonds. The first-order chi connectivity index (χ1) is 12.1. The Morgan fingerprint density at radius 3 is 2.92 bits per heavy atom. The highest BCUT2D eigenvalue weighted by molar-refractivity contribution is 5.91. The Morgan fingerprint density at radius 2 is 2.12 bits per heavy atom. The Kier molecular flexibility index (Phi) is 3.67. The topological polar surface area (TPSA) is 59.8 Å². The summed E-state index contributed by atoms with van der Waals surface area (Å²) in [5.41, 5.74) is 0.876. The molecule has 6 heteroatoms. The van der Waals surface area contributed by atoms with E-state index in [1.807, 2.05) is 11.0 Å². The average Bonchev–Trinajstić information content (AvgIpc) is 3.12. The van der Waals surface area contributed by atoms with Crippen molar-refractivity contribution in [3.05, 3.63) is 52.4 Å². The van der Waals surface area contributed by atoms with Gasteiger partial charge in [0.25, 0.3) is 0 Å². The molecule has 0 radical (unpaired) electrons. The van der Waals surface area contributed by atoms with Crippen LogP contribution in [-0.2, 0) is 9.53 Å². The number of fused-ring (bicyclic) bond motifs is 2. The van der Waals surface area contributed by atoms with Gasteiger partial charge in [0.2, 0.25) is 5.43 Å². The highest BCUT2D eigenvalue weighted by Crippen LogP contribution is 2.28. The molecule has 2 heterocycles. The van der Waals surface area contributed by atoms with Crippen LogP contribution in [0.25, 0.3) is 21.9 Å². The molecule has 0 aliphatic carbocycles. The third-order valence-electron chi connectivity index (χ3n) is 4.72. The third-order valence-corrected chi connectivity index (χ3v) is 4.72. The number of ether oxygens (including phenoxy) is 1. The highest BCUT2D eigenvalue weighted by Gasteiger charge is 2.29. The number of hydrogen-bond donors (Lipinski definition) is 0. The SMILES string of the molecule is COC(=O)C1CCN(c2ccc3c(=O)c4cccc(F)c4oc3c2)C1. The van der Waals surface area contributed by atoms with Gasteiger partial charge in [-0.1, -0.05) is 6.07 Å². The van der Waals surface area contributed by atoms with Crippen LogP contribution < -0.4 is 10.3 Å². The summed E-state index contributed by atoms with van der Waals surface area (Å²) in [7, 11) is 1.38. The van der Waals surface area contributed by atoms with Gasteiger partial charge in [0, 0.05) is 24.8 Å². The van der Waals surface area contributed by atoms with E-state index in [0.717, 1.165) is 5.69 Å². The van der Waals surface area contributed by atoms with Gasteiger partial charge < -0.3 is 14.1 Å². The van der Waals surface area contributed by atoms with E-state index in [-0.39, 0.29) is 28.3 Å². The molecule has 0 bridgehead atoms. The standard InChI is InChI=1S/C19H16FNO4/c1-24-19(23)11-7-8-21(10-11)12-5-6-13-16(9-12)25-18-14(17(13)22)3-2-4-15(18)20/h2-6,9,11H,7-8,10H2,1H3. The van der Waals surface area contributed by atoms with Crippen LogP contribution in [0, 0.1) is 11.7 Å². The second-order valence-electron chi connectivity index (χ2n) is 6.18. The highest BCUT2D eigenvalue weighted by atomic mass is 19.1. The molecule has 128 valence electrons. The van der Waals surface area contributed by atoms with Crippen molar-refractivity contribution in [3.63, 3.8) is 0 Å². The van der Waals surface area contributed by atoms with Gasteiger partial charge in [0.05, 0.1) is 23.8 Å². The van der Waals surface area contributed by atoms with Crippen LogP contribution in [0.1, 0.15) is 6.42 Å². The van der Waals surface area contributed by atoms with Crippen molar-refractivity contribution in [1.82, 2.24) is 0 Å². The van der Waals surface area contributed by atoms with Crippen LogP contribution in [0.3, 0.4) is 0 Å². The zero-order valence-corrected chi connectivity index (χ0v) is 13.6. The van der Waals surface area contributed by atoms with Crippen molar-refractivity contribution in [1.29, 1.82) is 0 Å². The molecule has 5 nitrogen and oxygen atoms in total. The quantitative estimate of drug-likeness (QED) is 0.529. The Balaban J connectivity index is 1.78. The van der Waals surface area contributed by atoms with Gasteiger partial charge in [-0.25, -0.2) is 4.39 Å². The summed E-state index contributed by atoms with van der Waals surface area (Å²) < 4.78 is 24.4. The minimum absolute atomic E-state index is 0.0361. The lowest BCUT2D eigenvalue weighted by molar-refractivity contribution is -0.144. The van der Waals surface area contributed by atoms with E-state index in [2.05, 4.69) is 0 Å². The first-order valence-corrected chi connectivity index (χ1v) is 8.06. The summed E-state index contributed by atoms with van der Waals surface area (Å²) in [6, 6.07) is 9.55. The molecule has 1 aliphatic heterocycles. The Labute approximate surface area is 142 Å². The number of methoxy groups -OCH3 is 1. The van der Waals surface area contributed by atoms with E-state index < -0.39 is 5.82 Å². The zero-order valence-electron chi connectivity index (χ0n) is 13.6. The van der Waals surface area contributed by atoms with Crippen LogP contribution >= 0.6 is 0 Å². The van der Waals surface area contributed by atoms with Crippen LogP contribution in [0.15, 0.2) is 45.6 Å². The van der Waals surface area contributed by atoms with Crippen molar-refractivity contribution in [2.45, 2.75) is 6.42 Å². The predicted molar refractivity (Wildman–Crippen MR) is 92.3 cm³/mol. The van der Waals surface area contributed by atoms with E-state index in [0.29, 0.717) is 30.5 Å². The molecule has 1 aromatic heterocycles. The number of benzene rings is 2. The van der Waals surface area contributed by atoms with Gasteiger partial charge in [-0.2, -0.15) is 0 Å². The second kappa shape index (κ2) is 5.88. The summed E-state index contributed by atoms with van der Waals surface area (Å²) in [6.45, 7) is 1.25. The molecule has 4 rings (SSSR count). The van der Waals surface area contributed by atoms with Gasteiger partial charge in [-0.15, -0.1) is 0 Å². The first kappa shape index (κ1) is 15.6. The normalized spacial score (nSPS) is 17.4. The average molecular weight is 341 g/mol. The Bertz CT molecular complexity index is 1040. The number of rotatable bonds is 2. The molecule has 1 saturated heterocycles. The number of nitrogens with zero attached hydrogens (tertiary/aromatic N) is 1. The maximum absolute atomic E-state index is 14.0. The number of carbonyl (C=O) groups is 1. The number of halogens is 1. The van der Waals surface area contributed by atoms with Crippen molar-refractivity contribution in [2.75, 3.05) is 25.1 Å². The molecule has 1 atom stereocenters. The Hall–Kier alpha value is -2.89. The van der Waals surface area contributed by atoms with Crippen molar-refractivity contribution < 1.29 is 18.3 Å². The summed E-state index contributed by atoms with van der Waals surface area (Å²) in [5, 5.41) is 0.637. The lowest BCUT2D eigenvalue weighted by atomic mass is 10.1. The number of anilines is 1. The maximum atomic E-state index is 14.0. The molecule has 1 fully saturated rings. The fourth-order valence-corrected chi connectivity index (χ4v) is 3.38. The fourth-order valence-electron chi connectivity index (χ4n) is 3.38. The maximum Gasteiger partial charge on any atom is 0.310 e. The van der Waals surface area contributed by atoms with Crippen LogP contribution in [0.2, 0.25) is 0 Å². The zero-order chi connectivity index (χ0) is 17.6. The molecule has 3 aromatic rings. The first-order valence-electron chi connectivity index (χ1n) is 8.06. The van der Waals surface area contributed by atoms with Gasteiger partial charge >= 0.3 is 5.97 Å². The van der Waals surface area contributed by atoms with E-state index in [1.54, 1.807) is 18.2 Å². The third kappa shape index (κ3) is 2.54. The monoisotopic (exact) mass is 341 g/mol. The molecule has 1 unspecified atom stereocenters. The summed E-state index contributed by atoms with van der Waals surface area (Å²) >= 11 is 0. The summed E-state index contributed by atoms with van der Waals surface area (Å²) in [4.78, 5) is 26.3. The van der Waals surface area contributed by atoms with Crippen molar-refractivity contribution >= 4 is 33.6 Å². The molecule has 0 N–H and O–H groups in total. The van der Waals surface area contributed by atoms with Crippen molar-refractivity contribution in [2.24, 2.45) is 5.92 Å². The summed E-state index contributed by atoms with van der Waals surface area (Å²) in [6.07, 6.45) is 0.709. The Morgan fingerprint density at radius 1 is 1.28 bits per heavy atom. The summed E-state index contributed by atoms with van der Waals surface area (Å²) in [5.74, 6) is -0.946. The number of esters is 1. The number of carbonyl (C=O) groups excluding carboxylic acids is 1. The van der Waals surface area contributed by atoms with E-state index in [9.17, 15) is 14.0 Å². The molecular weight excluding hydrogens is 325 g/mol. The van der Waals surface area contributed by atoms with Crippen LogP contribution in [0.4, 0.5) is 10.1 Å². The van der Waals surface area contributed by atoms with Gasteiger partial charge in [-0.3, -0.25) is 9.59 Å². The second-order valence-corrected chi connectivity index (χ2v) is 6.18. The molecule has 2 aromatic carbocycles. The van der Waals surface area contributed by atoms with Crippen LogP contribution in [0.5, 0.6) is 0 Å². The van der Waals surface area contributed by atoms with Crippen LogP contribution in [-0.4, -0.2) is 26.2 Å². The lowest BCUT2D eigenvalue weighted by Gasteiger charge is -2.18. The van der Waals surface area contributed by atoms with Gasteiger partial charge in [0.1, 0.15) is 5.58 Å². The van der Waals surface area contributed by atoms with Gasteiger partial charge in [0.15, 0.2) is 11.4 Å². The molecular formula is C19H16FNO4. The minimum Gasteiger partial charge on any atom is -0.469 e. The fraction of sp³-hybridized carbons (Fsp3) is 0.263. The predicted octanol–water partition coefficient (Wildman–Crippen LogP) is 3.08. The number of para-hydroxylation sites is 1. The minimum atomic E-state index is -0.561. The largest absolute Gasteiger partial charge is 0.469 e. The van der Waals surface area contributed by atoms with Gasteiger partial charge in [-0.05, 0) is 30.7 Å². The van der Waals surface area contributed by atoms with Crippen molar-refractivity contribution in [3.8, 4) is 0 Å². The smallest absolute Gasteiger partial charge is 0.310 e. The molecule has 0 spiro atoms. The van der Waals surface area contributed by atoms with E-state index in [1.165, 1.54) is 19.2 Å². The molecule has 25 heavy (non-hydrogen) atoms. The number of hydrogen-bond acceptors (Lipinski definition) is 5. The van der Waals surface area contributed by atoms with E-state index >= 15 is 0 Å². The van der Waals surface area contributed by atoms with E-state index in [4.69, 9.17) is 9.15 Å². The molecule has 1 aliphatic rings.